The van der Waals surface area contributed by atoms with Crippen LogP contribution in [0.4, 0.5) is 0 Å². The van der Waals surface area contributed by atoms with Gasteiger partial charge in [0.1, 0.15) is 6.10 Å². The van der Waals surface area contributed by atoms with E-state index in [1.165, 1.54) is 0 Å². The van der Waals surface area contributed by atoms with E-state index in [1.54, 1.807) is 0 Å². The number of aliphatic hydroxyl groups is 1. The van der Waals surface area contributed by atoms with Crippen LogP contribution in [0, 0.1) is 11.8 Å². The van der Waals surface area contributed by atoms with Gasteiger partial charge in [-0.05, 0) is 5.92 Å². The maximum Gasteiger partial charge on any atom is 0.306 e. The molecule has 3 fully saturated rings. The number of fused-ring (bicyclic) bond motifs is 1. The summed E-state index contributed by atoms with van der Waals surface area (Å²) in [4.78, 5) is 11.2. The van der Waals surface area contributed by atoms with Crippen molar-refractivity contribution < 1.29 is 24.1 Å². The number of carbonyl (C=O) groups excluding carboxylic acids is 1. The molecule has 0 bridgehead atoms. The molecule has 1 saturated carbocycles. The van der Waals surface area contributed by atoms with Gasteiger partial charge >= 0.3 is 5.97 Å². The van der Waals surface area contributed by atoms with Crippen LogP contribution < -0.4 is 0 Å². The zero-order valence-electron chi connectivity index (χ0n) is 9.00. The molecule has 0 aromatic heterocycles. The van der Waals surface area contributed by atoms with Gasteiger partial charge in [-0.1, -0.05) is 0 Å². The zero-order valence-corrected chi connectivity index (χ0v) is 9.00. The molecule has 16 heavy (non-hydrogen) atoms. The van der Waals surface area contributed by atoms with Crippen molar-refractivity contribution in [2.75, 3.05) is 13.2 Å². The van der Waals surface area contributed by atoms with E-state index in [1.807, 2.05) is 0 Å². The minimum atomic E-state index is -0.393. The normalized spacial score (nSPS) is 43.7. The summed E-state index contributed by atoms with van der Waals surface area (Å²) in [5.74, 6) is 0.0787. The standard InChI is InChI=1S/C11H16O5/c12-8-5-9-7(3-10(13)16-9)6(8)4-11-14-1-2-15-11/h6-9,11-12H,1-5H2/t6-,7-,8-,9+/m1/s1. The number of hydrogen-bond acceptors (Lipinski definition) is 5. The number of ether oxygens (including phenoxy) is 3. The van der Waals surface area contributed by atoms with E-state index >= 15 is 0 Å². The van der Waals surface area contributed by atoms with Gasteiger partial charge in [-0.3, -0.25) is 4.79 Å². The van der Waals surface area contributed by atoms with Crippen molar-refractivity contribution in [1.82, 2.24) is 0 Å². The largest absolute Gasteiger partial charge is 0.462 e. The van der Waals surface area contributed by atoms with Crippen LogP contribution in [0.25, 0.3) is 0 Å². The van der Waals surface area contributed by atoms with Crippen molar-refractivity contribution in [3.05, 3.63) is 0 Å². The predicted molar refractivity (Wildman–Crippen MR) is 52.4 cm³/mol. The number of carbonyl (C=O) groups is 1. The van der Waals surface area contributed by atoms with E-state index in [0.29, 0.717) is 32.5 Å². The Morgan fingerprint density at radius 3 is 2.81 bits per heavy atom. The monoisotopic (exact) mass is 228 g/mol. The first-order valence-corrected chi connectivity index (χ1v) is 5.85. The third kappa shape index (κ3) is 1.73. The molecule has 2 saturated heterocycles. The van der Waals surface area contributed by atoms with E-state index < -0.39 is 6.10 Å². The third-order valence-electron chi connectivity index (χ3n) is 3.84. The summed E-state index contributed by atoms with van der Waals surface area (Å²) in [6.45, 7) is 1.24. The summed E-state index contributed by atoms with van der Waals surface area (Å²) in [5.41, 5.74) is 0. The molecule has 5 heteroatoms. The number of aliphatic hydroxyl groups excluding tert-OH is 1. The summed E-state index contributed by atoms with van der Waals surface area (Å²) in [6, 6.07) is 0. The van der Waals surface area contributed by atoms with Gasteiger partial charge in [-0.25, -0.2) is 0 Å². The molecule has 90 valence electrons. The van der Waals surface area contributed by atoms with Gasteiger partial charge in [0.2, 0.25) is 0 Å². The van der Waals surface area contributed by atoms with Crippen LogP contribution in [0.1, 0.15) is 19.3 Å². The van der Waals surface area contributed by atoms with Gasteiger partial charge in [0.05, 0.1) is 25.7 Å². The molecule has 3 aliphatic rings. The average molecular weight is 228 g/mol. The number of rotatable bonds is 2. The van der Waals surface area contributed by atoms with Crippen molar-refractivity contribution in [3.63, 3.8) is 0 Å². The quantitative estimate of drug-likeness (QED) is 0.677. The van der Waals surface area contributed by atoms with Gasteiger partial charge in [0.15, 0.2) is 6.29 Å². The highest BCUT2D eigenvalue weighted by atomic mass is 16.7. The summed E-state index contributed by atoms with van der Waals surface area (Å²) >= 11 is 0. The second-order valence-electron chi connectivity index (χ2n) is 4.77. The Morgan fingerprint density at radius 1 is 1.31 bits per heavy atom. The molecular weight excluding hydrogens is 212 g/mol. The fourth-order valence-corrected chi connectivity index (χ4v) is 3.07. The minimum absolute atomic E-state index is 0.0690. The first-order chi connectivity index (χ1) is 7.74. The second-order valence-corrected chi connectivity index (χ2v) is 4.77. The maximum absolute atomic E-state index is 11.2. The number of esters is 1. The smallest absolute Gasteiger partial charge is 0.306 e. The summed E-state index contributed by atoms with van der Waals surface area (Å²) < 4.78 is 15.9. The summed E-state index contributed by atoms with van der Waals surface area (Å²) in [7, 11) is 0. The van der Waals surface area contributed by atoms with Gasteiger partial charge in [0, 0.05) is 18.8 Å². The van der Waals surface area contributed by atoms with E-state index in [-0.39, 0.29) is 30.2 Å². The molecule has 0 aromatic rings. The lowest BCUT2D eigenvalue weighted by Gasteiger charge is -2.21. The lowest BCUT2D eigenvalue weighted by atomic mass is 9.89. The first-order valence-electron chi connectivity index (χ1n) is 5.85. The minimum Gasteiger partial charge on any atom is -0.462 e. The Morgan fingerprint density at radius 2 is 2.06 bits per heavy atom. The fraction of sp³-hybridized carbons (Fsp3) is 0.909. The first kappa shape index (κ1) is 10.5. The van der Waals surface area contributed by atoms with Crippen molar-refractivity contribution in [3.8, 4) is 0 Å². The maximum atomic E-state index is 11.2. The van der Waals surface area contributed by atoms with Crippen LogP contribution in [-0.4, -0.2) is 42.8 Å². The molecule has 0 aromatic carbocycles. The Hall–Kier alpha value is -0.650. The highest BCUT2D eigenvalue weighted by Crippen LogP contribution is 2.43. The Bertz CT molecular complexity index is 286. The van der Waals surface area contributed by atoms with Crippen LogP contribution in [0.15, 0.2) is 0 Å². The molecule has 2 aliphatic heterocycles. The molecule has 0 unspecified atom stereocenters. The van der Waals surface area contributed by atoms with Crippen molar-refractivity contribution in [2.45, 2.75) is 37.8 Å². The van der Waals surface area contributed by atoms with E-state index in [9.17, 15) is 9.90 Å². The molecule has 0 spiro atoms. The van der Waals surface area contributed by atoms with Gasteiger partial charge in [0.25, 0.3) is 0 Å². The van der Waals surface area contributed by atoms with Crippen molar-refractivity contribution in [1.29, 1.82) is 0 Å². The molecule has 0 radical (unpaired) electrons. The highest BCUT2D eigenvalue weighted by Gasteiger charge is 2.50. The van der Waals surface area contributed by atoms with Crippen LogP contribution in [0.2, 0.25) is 0 Å². The molecule has 2 heterocycles. The average Bonchev–Trinajstić information content (AvgIpc) is 2.88. The van der Waals surface area contributed by atoms with Crippen molar-refractivity contribution in [2.24, 2.45) is 11.8 Å². The van der Waals surface area contributed by atoms with E-state index in [0.717, 1.165) is 0 Å². The molecule has 3 rings (SSSR count). The van der Waals surface area contributed by atoms with Gasteiger partial charge in [-0.15, -0.1) is 0 Å². The Balaban J connectivity index is 1.66. The van der Waals surface area contributed by atoms with Crippen LogP contribution >= 0.6 is 0 Å². The molecule has 4 atom stereocenters. The highest BCUT2D eigenvalue weighted by molar-refractivity contribution is 5.72. The predicted octanol–water partition coefficient (Wildman–Crippen LogP) is 0.0619. The van der Waals surface area contributed by atoms with Gasteiger partial charge in [-0.2, -0.15) is 0 Å². The molecule has 1 N–H and O–H groups in total. The fourth-order valence-electron chi connectivity index (χ4n) is 3.07. The lowest BCUT2D eigenvalue weighted by Crippen LogP contribution is -2.25. The van der Waals surface area contributed by atoms with Crippen LogP contribution in [-0.2, 0) is 19.0 Å². The molecule has 1 aliphatic carbocycles. The second kappa shape index (κ2) is 3.98. The molecular formula is C11H16O5. The third-order valence-corrected chi connectivity index (χ3v) is 3.84. The number of hydrogen-bond donors (Lipinski definition) is 1. The van der Waals surface area contributed by atoms with Gasteiger partial charge < -0.3 is 19.3 Å². The van der Waals surface area contributed by atoms with Crippen LogP contribution in [0.3, 0.4) is 0 Å². The van der Waals surface area contributed by atoms with Crippen LogP contribution in [0.5, 0.6) is 0 Å². The Labute approximate surface area is 93.7 Å². The SMILES string of the molecule is O=C1C[C@@H]2[C@@H](CC3OCCO3)[C@H](O)C[C@@H]2O1. The van der Waals surface area contributed by atoms with E-state index in [2.05, 4.69) is 0 Å². The van der Waals surface area contributed by atoms with Crippen molar-refractivity contribution >= 4 is 5.97 Å². The molecule has 5 nitrogen and oxygen atoms in total. The van der Waals surface area contributed by atoms with E-state index in [4.69, 9.17) is 14.2 Å². The lowest BCUT2D eigenvalue weighted by molar-refractivity contribution is -0.142. The summed E-state index contributed by atoms with van der Waals surface area (Å²) in [5, 5.41) is 9.94. The summed E-state index contributed by atoms with van der Waals surface area (Å²) in [6.07, 6.45) is 0.963. The topological polar surface area (TPSA) is 65.0 Å². The molecule has 0 amide bonds. The Kier molecular flexibility index (Phi) is 2.61. The zero-order chi connectivity index (χ0) is 11.1.